The van der Waals surface area contributed by atoms with Crippen molar-refractivity contribution in [2.45, 2.75) is 32.7 Å². The Morgan fingerprint density at radius 1 is 1.42 bits per heavy atom. The van der Waals surface area contributed by atoms with Gasteiger partial charge in [-0.3, -0.25) is 0 Å². The van der Waals surface area contributed by atoms with Gasteiger partial charge in [0.25, 0.3) is 0 Å². The average molecular weight is 260 g/mol. The Balaban J connectivity index is 1.62. The van der Waals surface area contributed by atoms with Crippen LogP contribution in [0.3, 0.4) is 0 Å². The zero-order valence-electron chi connectivity index (χ0n) is 11.3. The van der Waals surface area contributed by atoms with Gasteiger partial charge in [-0.15, -0.1) is 0 Å². The van der Waals surface area contributed by atoms with Gasteiger partial charge in [-0.05, 0) is 30.5 Å². The number of nitrogens with one attached hydrogen (secondary N) is 1. The number of aliphatic hydroxyl groups excluding tert-OH is 1. The second-order valence-electron chi connectivity index (χ2n) is 5.65. The normalized spacial score (nSPS) is 17.6. The fraction of sp³-hybridized carbons (Fsp3) is 0.533. The van der Waals surface area contributed by atoms with Crippen LogP contribution in [-0.2, 0) is 6.54 Å². The lowest BCUT2D eigenvalue weighted by Gasteiger charge is -2.40. The number of hydrogen-bond acceptors (Lipinski definition) is 4. The van der Waals surface area contributed by atoms with Crippen molar-refractivity contribution < 1.29 is 9.52 Å². The maximum atomic E-state index is 9.41. The summed E-state index contributed by atoms with van der Waals surface area (Å²) in [5.41, 5.74) is 3.08. The Morgan fingerprint density at radius 2 is 2.26 bits per heavy atom. The van der Waals surface area contributed by atoms with Crippen LogP contribution in [0.5, 0.6) is 0 Å². The molecule has 0 aliphatic heterocycles. The van der Waals surface area contributed by atoms with E-state index in [0.717, 1.165) is 37.0 Å². The van der Waals surface area contributed by atoms with Crippen molar-refractivity contribution in [3.8, 4) is 0 Å². The minimum Gasteiger partial charge on any atom is -0.441 e. The number of aliphatic hydroxyl groups is 1. The molecular weight excluding hydrogens is 240 g/mol. The molecule has 1 aromatic carbocycles. The Labute approximate surface area is 112 Å². The maximum absolute atomic E-state index is 9.41. The summed E-state index contributed by atoms with van der Waals surface area (Å²) in [6, 6.07) is 6.10. The van der Waals surface area contributed by atoms with Crippen molar-refractivity contribution in [1.29, 1.82) is 0 Å². The SMILES string of the molecule is Cc1nc2ccc(CNCC3(CO)CCC3)cc2o1. The Morgan fingerprint density at radius 3 is 2.95 bits per heavy atom. The highest BCUT2D eigenvalue weighted by molar-refractivity contribution is 5.73. The molecule has 0 bridgehead atoms. The molecule has 1 fully saturated rings. The lowest BCUT2D eigenvalue weighted by molar-refractivity contribution is 0.0445. The summed E-state index contributed by atoms with van der Waals surface area (Å²) in [7, 11) is 0. The van der Waals surface area contributed by atoms with Gasteiger partial charge in [-0.2, -0.15) is 0 Å². The van der Waals surface area contributed by atoms with Gasteiger partial charge in [0.1, 0.15) is 5.52 Å². The smallest absolute Gasteiger partial charge is 0.192 e. The zero-order chi connectivity index (χ0) is 13.3. The predicted molar refractivity (Wildman–Crippen MR) is 73.8 cm³/mol. The molecule has 0 unspecified atom stereocenters. The Kier molecular flexibility index (Phi) is 3.29. The van der Waals surface area contributed by atoms with E-state index in [4.69, 9.17) is 4.42 Å². The first-order valence-corrected chi connectivity index (χ1v) is 6.88. The molecule has 0 saturated heterocycles. The van der Waals surface area contributed by atoms with Gasteiger partial charge in [-0.25, -0.2) is 4.98 Å². The third kappa shape index (κ3) is 2.51. The highest BCUT2D eigenvalue weighted by Crippen LogP contribution is 2.39. The highest BCUT2D eigenvalue weighted by Gasteiger charge is 2.35. The molecule has 4 heteroatoms. The van der Waals surface area contributed by atoms with Crippen LogP contribution in [-0.4, -0.2) is 23.2 Å². The minimum absolute atomic E-state index is 0.132. The fourth-order valence-corrected chi connectivity index (χ4v) is 2.73. The first kappa shape index (κ1) is 12.6. The van der Waals surface area contributed by atoms with Crippen LogP contribution in [0.15, 0.2) is 22.6 Å². The molecule has 0 radical (unpaired) electrons. The number of oxazole rings is 1. The third-order valence-corrected chi connectivity index (χ3v) is 4.14. The van der Waals surface area contributed by atoms with Crippen molar-refractivity contribution in [3.63, 3.8) is 0 Å². The number of benzene rings is 1. The number of nitrogens with zero attached hydrogens (tertiary/aromatic N) is 1. The molecule has 1 aromatic heterocycles. The van der Waals surface area contributed by atoms with E-state index in [9.17, 15) is 5.11 Å². The van der Waals surface area contributed by atoms with Crippen LogP contribution in [0.4, 0.5) is 0 Å². The minimum atomic E-state index is 0.132. The summed E-state index contributed by atoms with van der Waals surface area (Å²) in [6.45, 7) is 3.84. The standard InChI is InChI=1S/C15H20N2O2/c1-11-17-13-4-3-12(7-14(13)19-11)8-16-9-15(10-18)5-2-6-15/h3-4,7,16,18H,2,5-6,8-10H2,1H3. The molecule has 0 spiro atoms. The van der Waals surface area contributed by atoms with Gasteiger partial charge in [-0.1, -0.05) is 12.5 Å². The van der Waals surface area contributed by atoms with Crippen LogP contribution in [0.25, 0.3) is 11.1 Å². The van der Waals surface area contributed by atoms with E-state index >= 15 is 0 Å². The first-order chi connectivity index (χ1) is 9.21. The van der Waals surface area contributed by atoms with Crippen molar-refractivity contribution in [2.24, 2.45) is 5.41 Å². The molecule has 1 aliphatic carbocycles. The highest BCUT2D eigenvalue weighted by atomic mass is 16.3. The molecular formula is C15H20N2O2. The summed E-state index contributed by atoms with van der Waals surface area (Å²) in [6.07, 6.45) is 3.51. The summed E-state index contributed by atoms with van der Waals surface area (Å²) >= 11 is 0. The summed E-state index contributed by atoms with van der Waals surface area (Å²) in [5.74, 6) is 0.703. The molecule has 1 saturated carbocycles. The summed E-state index contributed by atoms with van der Waals surface area (Å²) < 4.78 is 5.53. The lowest BCUT2D eigenvalue weighted by Crippen LogP contribution is -2.42. The van der Waals surface area contributed by atoms with E-state index in [0.29, 0.717) is 12.5 Å². The average Bonchev–Trinajstić information content (AvgIpc) is 2.72. The largest absolute Gasteiger partial charge is 0.441 e. The molecule has 0 atom stereocenters. The molecule has 0 amide bonds. The van der Waals surface area contributed by atoms with Crippen LogP contribution >= 0.6 is 0 Å². The fourth-order valence-electron chi connectivity index (χ4n) is 2.73. The monoisotopic (exact) mass is 260 g/mol. The van der Waals surface area contributed by atoms with E-state index in [-0.39, 0.29) is 5.41 Å². The van der Waals surface area contributed by atoms with Gasteiger partial charge in [0.15, 0.2) is 11.5 Å². The number of aromatic nitrogens is 1. The summed E-state index contributed by atoms with van der Waals surface area (Å²) in [4.78, 5) is 4.29. The number of aryl methyl sites for hydroxylation is 1. The van der Waals surface area contributed by atoms with Gasteiger partial charge in [0.2, 0.25) is 0 Å². The van der Waals surface area contributed by atoms with E-state index in [1.54, 1.807) is 0 Å². The van der Waals surface area contributed by atoms with Crippen LogP contribution < -0.4 is 5.32 Å². The quantitative estimate of drug-likeness (QED) is 0.866. The van der Waals surface area contributed by atoms with Crippen LogP contribution in [0.1, 0.15) is 30.7 Å². The molecule has 1 heterocycles. The molecule has 1 aliphatic rings. The maximum Gasteiger partial charge on any atom is 0.192 e. The second kappa shape index (κ2) is 4.94. The van der Waals surface area contributed by atoms with E-state index in [2.05, 4.69) is 16.4 Å². The number of fused-ring (bicyclic) bond motifs is 1. The van der Waals surface area contributed by atoms with Gasteiger partial charge in [0, 0.05) is 32.0 Å². The van der Waals surface area contributed by atoms with Crippen molar-refractivity contribution in [1.82, 2.24) is 10.3 Å². The lowest BCUT2D eigenvalue weighted by atomic mass is 9.69. The Hall–Kier alpha value is -1.39. The second-order valence-corrected chi connectivity index (χ2v) is 5.65. The Bertz CT molecular complexity index is 567. The van der Waals surface area contributed by atoms with Gasteiger partial charge < -0.3 is 14.8 Å². The van der Waals surface area contributed by atoms with Crippen LogP contribution in [0.2, 0.25) is 0 Å². The van der Waals surface area contributed by atoms with Crippen molar-refractivity contribution >= 4 is 11.1 Å². The molecule has 19 heavy (non-hydrogen) atoms. The zero-order valence-corrected chi connectivity index (χ0v) is 11.3. The van der Waals surface area contributed by atoms with Gasteiger partial charge >= 0.3 is 0 Å². The van der Waals surface area contributed by atoms with Crippen LogP contribution in [0, 0.1) is 12.3 Å². The third-order valence-electron chi connectivity index (χ3n) is 4.14. The molecule has 3 rings (SSSR count). The van der Waals surface area contributed by atoms with E-state index < -0.39 is 0 Å². The molecule has 102 valence electrons. The topological polar surface area (TPSA) is 58.3 Å². The molecule has 2 N–H and O–H groups in total. The molecule has 2 aromatic rings. The first-order valence-electron chi connectivity index (χ1n) is 6.88. The number of hydrogen-bond donors (Lipinski definition) is 2. The molecule has 4 nitrogen and oxygen atoms in total. The summed E-state index contributed by atoms with van der Waals surface area (Å²) in [5, 5.41) is 12.9. The van der Waals surface area contributed by atoms with Crippen molar-refractivity contribution in [2.75, 3.05) is 13.2 Å². The van der Waals surface area contributed by atoms with Gasteiger partial charge in [0.05, 0.1) is 0 Å². The predicted octanol–water partition coefficient (Wildman–Crippen LogP) is 2.39. The van der Waals surface area contributed by atoms with Crippen molar-refractivity contribution in [3.05, 3.63) is 29.7 Å². The van der Waals surface area contributed by atoms with E-state index in [1.165, 1.54) is 12.0 Å². The van der Waals surface area contributed by atoms with E-state index in [1.807, 2.05) is 19.1 Å². The number of rotatable bonds is 5.